The number of benzene rings is 1. The van der Waals surface area contributed by atoms with E-state index in [1.54, 1.807) is 37.5 Å². The molecule has 0 bridgehead atoms. The molecule has 0 saturated heterocycles. The van der Waals surface area contributed by atoms with Gasteiger partial charge in [0, 0.05) is 24.5 Å². The Hall–Kier alpha value is -3.09. The number of fused-ring (bicyclic) bond motifs is 1. The van der Waals surface area contributed by atoms with Gasteiger partial charge in [0.15, 0.2) is 0 Å². The lowest BCUT2D eigenvalue weighted by Gasteiger charge is -2.11. The SMILES string of the molecule is Cc1nc2ccccc2c(=O)n1CC(=O)NCc1cncnc1. The molecule has 7 nitrogen and oxygen atoms in total. The maximum atomic E-state index is 12.5. The minimum atomic E-state index is -0.267. The van der Waals surface area contributed by atoms with Gasteiger partial charge in [-0.3, -0.25) is 14.2 Å². The van der Waals surface area contributed by atoms with Crippen LogP contribution < -0.4 is 10.9 Å². The van der Waals surface area contributed by atoms with E-state index in [1.165, 1.54) is 10.9 Å². The minimum absolute atomic E-state index is 0.0732. The summed E-state index contributed by atoms with van der Waals surface area (Å²) < 4.78 is 1.37. The minimum Gasteiger partial charge on any atom is -0.350 e. The van der Waals surface area contributed by atoms with Gasteiger partial charge in [0.05, 0.1) is 10.9 Å². The van der Waals surface area contributed by atoms with Crippen molar-refractivity contribution in [2.45, 2.75) is 20.0 Å². The standard InChI is InChI=1S/C16H15N5O2/c1-11-20-14-5-3-2-4-13(14)16(23)21(11)9-15(22)19-8-12-6-17-10-18-7-12/h2-7,10H,8-9H2,1H3,(H,19,22). The molecule has 2 aromatic heterocycles. The zero-order chi connectivity index (χ0) is 16.2. The molecule has 3 aromatic rings. The van der Waals surface area contributed by atoms with E-state index in [9.17, 15) is 9.59 Å². The topological polar surface area (TPSA) is 89.8 Å². The number of hydrogen-bond donors (Lipinski definition) is 1. The summed E-state index contributed by atoms with van der Waals surface area (Å²) in [4.78, 5) is 36.7. The van der Waals surface area contributed by atoms with Crippen molar-refractivity contribution in [1.29, 1.82) is 0 Å². The molecule has 0 spiro atoms. The number of carbonyl (C=O) groups excluding carboxylic acids is 1. The Morgan fingerprint density at radius 3 is 2.74 bits per heavy atom. The fourth-order valence-corrected chi connectivity index (χ4v) is 2.29. The fraction of sp³-hybridized carbons (Fsp3) is 0.188. The lowest BCUT2D eigenvalue weighted by molar-refractivity contribution is -0.121. The predicted molar refractivity (Wildman–Crippen MR) is 84.6 cm³/mol. The molecule has 0 unspecified atom stereocenters. The average Bonchev–Trinajstić information content (AvgIpc) is 2.58. The van der Waals surface area contributed by atoms with Crippen LogP contribution in [0.4, 0.5) is 0 Å². The number of para-hydroxylation sites is 1. The highest BCUT2D eigenvalue weighted by Crippen LogP contribution is 2.07. The summed E-state index contributed by atoms with van der Waals surface area (Å²) in [6.45, 7) is 1.96. The highest BCUT2D eigenvalue weighted by molar-refractivity contribution is 5.79. The highest BCUT2D eigenvalue weighted by atomic mass is 16.2. The van der Waals surface area contributed by atoms with Crippen molar-refractivity contribution in [3.63, 3.8) is 0 Å². The zero-order valence-electron chi connectivity index (χ0n) is 12.6. The van der Waals surface area contributed by atoms with Gasteiger partial charge < -0.3 is 5.32 Å². The van der Waals surface area contributed by atoms with Gasteiger partial charge in [0.2, 0.25) is 5.91 Å². The first-order valence-electron chi connectivity index (χ1n) is 7.12. The number of rotatable bonds is 4. The first-order chi connectivity index (χ1) is 11.1. The van der Waals surface area contributed by atoms with Crippen molar-refractivity contribution in [1.82, 2.24) is 24.8 Å². The van der Waals surface area contributed by atoms with Gasteiger partial charge in [0.25, 0.3) is 5.56 Å². The first kappa shape index (κ1) is 14.8. The van der Waals surface area contributed by atoms with E-state index in [0.29, 0.717) is 23.3 Å². The molecule has 1 amide bonds. The van der Waals surface area contributed by atoms with E-state index in [-0.39, 0.29) is 18.0 Å². The lowest BCUT2D eigenvalue weighted by Crippen LogP contribution is -2.33. The monoisotopic (exact) mass is 309 g/mol. The predicted octanol–water partition coefficient (Wildman–Crippen LogP) is 0.811. The number of aromatic nitrogens is 4. The zero-order valence-corrected chi connectivity index (χ0v) is 12.6. The largest absolute Gasteiger partial charge is 0.350 e. The number of nitrogens with zero attached hydrogens (tertiary/aromatic N) is 4. The van der Waals surface area contributed by atoms with Gasteiger partial charge >= 0.3 is 0 Å². The van der Waals surface area contributed by atoms with Crippen molar-refractivity contribution >= 4 is 16.8 Å². The van der Waals surface area contributed by atoms with Crippen molar-refractivity contribution in [2.24, 2.45) is 0 Å². The van der Waals surface area contributed by atoms with Gasteiger partial charge in [-0.1, -0.05) is 12.1 Å². The molecular weight excluding hydrogens is 294 g/mol. The Kier molecular flexibility index (Phi) is 4.09. The molecule has 0 aliphatic carbocycles. The summed E-state index contributed by atoms with van der Waals surface area (Å²) in [6, 6.07) is 7.09. The molecule has 0 aliphatic rings. The summed E-state index contributed by atoms with van der Waals surface area (Å²) in [5.74, 6) is 0.239. The van der Waals surface area contributed by atoms with Crippen LogP contribution in [0.2, 0.25) is 0 Å². The molecule has 3 rings (SSSR count). The molecule has 0 saturated carbocycles. The molecule has 2 heterocycles. The third-order valence-corrected chi connectivity index (χ3v) is 3.46. The number of hydrogen-bond acceptors (Lipinski definition) is 5. The Morgan fingerprint density at radius 1 is 1.22 bits per heavy atom. The molecule has 23 heavy (non-hydrogen) atoms. The van der Waals surface area contributed by atoms with Crippen LogP contribution in [-0.2, 0) is 17.9 Å². The number of amides is 1. The molecule has 0 aliphatic heterocycles. The summed E-state index contributed by atoms with van der Waals surface area (Å²) >= 11 is 0. The van der Waals surface area contributed by atoms with E-state index < -0.39 is 0 Å². The van der Waals surface area contributed by atoms with Crippen LogP contribution in [0, 0.1) is 6.92 Å². The van der Waals surface area contributed by atoms with Gasteiger partial charge in [-0.25, -0.2) is 15.0 Å². The van der Waals surface area contributed by atoms with E-state index in [4.69, 9.17) is 0 Å². The lowest BCUT2D eigenvalue weighted by atomic mass is 10.2. The van der Waals surface area contributed by atoms with Crippen LogP contribution in [0.15, 0.2) is 47.8 Å². The van der Waals surface area contributed by atoms with Crippen LogP contribution in [0.1, 0.15) is 11.4 Å². The Morgan fingerprint density at radius 2 is 1.96 bits per heavy atom. The smallest absolute Gasteiger partial charge is 0.261 e. The fourth-order valence-electron chi connectivity index (χ4n) is 2.29. The Labute approximate surface area is 132 Å². The summed E-state index contributed by atoms with van der Waals surface area (Å²) in [5.41, 5.74) is 1.21. The normalized spacial score (nSPS) is 10.7. The number of aryl methyl sites for hydroxylation is 1. The van der Waals surface area contributed by atoms with Gasteiger partial charge in [-0.05, 0) is 19.1 Å². The molecule has 1 N–H and O–H groups in total. The van der Waals surface area contributed by atoms with Crippen LogP contribution in [0.5, 0.6) is 0 Å². The highest BCUT2D eigenvalue weighted by Gasteiger charge is 2.11. The quantitative estimate of drug-likeness (QED) is 0.770. The summed E-state index contributed by atoms with van der Waals surface area (Å²) in [7, 11) is 0. The van der Waals surface area contributed by atoms with Crippen LogP contribution in [-0.4, -0.2) is 25.4 Å². The van der Waals surface area contributed by atoms with Crippen molar-refractivity contribution < 1.29 is 4.79 Å². The Bertz CT molecular complexity index is 905. The second-order valence-electron chi connectivity index (χ2n) is 5.09. The number of carbonyl (C=O) groups is 1. The summed E-state index contributed by atoms with van der Waals surface area (Å²) in [6.07, 6.45) is 4.68. The molecule has 7 heteroatoms. The third kappa shape index (κ3) is 3.23. The van der Waals surface area contributed by atoms with E-state index in [1.807, 2.05) is 6.07 Å². The van der Waals surface area contributed by atoms with Gasteiger partial charge in [-0.2, -0.15) is 0 Å². The second-order valence-corrected chi connectivity index (χ2v) is 5.09. The van der Waals surface area contributed by atoms with Crippen molar-refractivity contribution in [2.75, 3.05) is 0 Å². The number of nitrogens with one attached hydrogen (secondary N) is 1. The van der Waals surface area contributed by atoms with E-state index in [2.05, 4.69) is 20.3 Å². The molecule has 116 valence electrons. The van der Waals surface area contributed by atoms with Gasteiger partial charge in [0.1, 0.15) is 18.7 Å². The third-order valence-electron chi connectivity index (χ3n) is 3.46. The van der Waals surface area contributed by atoms with Crippen LogP contribution in [0.25, 0.3) is 10.9 Å². The molecule has 1 aromatic carbocycles. The van der Waals surface area contributed by atoms with E-state index in [0.717, 1.165) is 5.56 Å². The van der Waals surface area contributed by atoms with Crippen molar-refractivity contribution in [3.8, 4) is 0 Å². The Balaban J connectivity index is 1.78. The molecule has 0 fully saturated rings. The summed E-state index contributed by atoms with van der Waals surface area (Å²) in [5, 5.41) is 3.25. The van der Waals surface area contributed by atoms with Crippen LogP contribution in [0.3, 0.4) is 0 Å². The van der Waals surface area contributed by atoms with Gasteiger partial charge in [-0.15, -0.1) is 0 Å². The average molecular weight is 309 g/mol. The molecule has 0 radical (unpaired) electrons. The van der Waals surface area contributed by atoms with Crippen LogP contribution >= 0.6 is 0 Å². The molecule has 0 atom stereocenters. The maximum Gasteiger partial charge on any atom is 0.261 e. The maximum absolute atomic E-state index is 12.5. The van der Waals surface area contributed by atoms with Crippen molar-refractivity contribution in [3.05, 3.63) is 64.7 Å². The molecular formula is C16H15N5O2. The van der Waals surface area contributed by atoms with E-state index >= 15 is 0 Å². The first-order valence-corrected chi connectivity index (χ1v) is 7.12. The second kappa shape index (κ2) is 6.35.